The quantitative estimate of drug-likeness (QED) is 0.537. The summed E-state index contributed by atoms with van der Waals surface area (Å²) < 4.78 is 23.5. The first kappa shape index (κ1) is 18.7. The van der Waals surface area contributed by atoms with Crippen LogP contribution in [0.3, 0.4) is 0 Å². The summed E-state index contributed by atoms with van der Waals surface area (Å²) in [4.78, 5) is 0. The van der Waals surface area contributed by atoms with Gasteiger partial charge in [-0.3, -0.25) is 0 Å². The minimum atomic E-state index is 0.215. The first-order valence-electron chi connectivity index (χ1n) is 9.90. The molecule has 0 bridgehead atoms. The number of aromatic nitrogens is 2. The highest BCUT2D eigenvalue weighted by atomic mass is 16.6. The summed E-state index contributed by atoms with van der Waals surface area (Å²) in [5.41, 5.74) is 3.74. The topological polar surface area (TPSA) is 85.1 Å². The Morgan fingerprint density at radius 3 is 2.00 bits per heavy atom. The molecule has 2 atom stereocenters. The van der Waals surface area contributed by atoms with Crippen molar-refractivity contribution in [1.82, 2.24) is 9.78 Å². The molecule has 2 aliphatic heterocycles. The van der Waals surface area contributed by atoms with Gasteiger partial charge < -0.3 is 18.9 Å². The number of rotatable bonds is 8. The third-order valence-corrected chi connectivity index (χ3v) is 5.11. The van der Waals surface area contributed by atoms with Crippen molar-refractivity contribution >= 4 is 0 Å². The van der Waals surface area contributed by atoms with Gasteiger partial charge in [0.05, 0.1) is 24.6 Å². The van der Waals surface area contributed by atoms with Crippen LogP contribution in [0.4, 0.5) is 0 Å². The van der Waals surface area contributed by atoms with Crippen LogP contribution < -0.4 is 9.47 Å². The van der Waals surface area contributed by atoms with Crippen LogP contribution in [-0.2, 0) is 9.47 Å². The minimum absolute atomic E-state index is 0.215. The Bertz CT molecular complexity index is 1080. The number of hydrogen-bond donors (Lipinski definition) is 0. The van der Waals surface area contributed by atoms with Crippen molar-refractivity contribution in [3.8, 4) is 34.5 Å². The Kier molecular flexibility index (Phi) is 4.87. The molecule has 2 fully saturated rings. The van der Waals surface area contributed by atoms with Crippen molar-refractivity contribution in [1.29, 1.82) is 5.26 Å². The lowest BCUT2D eigenvalue weighted by atomic mass is 10.1. The second-order valence-electron chi connectivity index (χ2n) is 7.38. The fraction of sp³-hybridized carbons (Fsp3) is 0.304. The van der Waals surface area contributed by atoms with Gasteiger partial charge in [-0.1, -0.05) is 0 Å². The highest BCUT2D eigenvalue weighted by Crippen LogP contribution is 2.29. The van der Waals surface area contributed by atoms with E-state index in [0.29, 0.717) is 24.5 Å². The molecule has 152 valence electrons. The fourth-order valence-electron chi connectivity index (χ4n) is 3.19. The second kappa shape index (κ2) is 7.82. The number of nitriles is 1. The highest BCUT2D eigenvalue weighted by Gasteiger charge is 2.24. The fourth-order valence-corrected chi connectivity index (χ4v) is 3.19. The molecule has 7 heteroatoms. The molecule has 0 N–H and O–H groups in total. The number of ether oxygens (including phenoxy) is 4. The van der Waals surface area contributed by atoms with Crippen LogP contribution in [0.15, 0.2) is 48.5 Å². The van der Waals surface area contributed by atoms with Crippen LogP contribution >= 0.6 is 0 Å². The molecule has 0 amide bonds. The number of nitrogens with zero attached hydrogens (tertiary/aromatic N) is 3. The van der Waals surface area contributed by atoms with Crippen LogP contribution in [-0.4, -0.2) is 48.4 Å². The molecular formula is C23H21N3O4. The lowest BCUT2D eigenvalue weighted by Gasteiger charge is -2.07. The normalized spacial score (nSPS) is 19.2. The summed E-state index contributed by atoms with van der Waals surface area (Å²) >= 11 is 0. The number of epoxide rings is 2. The molecule has 0 saturated carbocycles. The molecule has 3 heterocycles. The Hall–Kier alpha value is -3.34. The average molecular weight is 403 g/mol. The van der Waals surface area contributed by atoms with Crippen LogP contribution in [0.25, 0.3) is 16.9 Å². The van der Waals surface area contributed by atoms with E-state index < -0.39 is 0 Å². The number of benzene rings is 2. The van der Waals surface area contributed by atoms with Crippen molar-refractivity contribution in [2.75, 3.05) is 26.4 Å². The smallest absolute Gasteiger partial charge is 0.119 e. The Balaban J connectivity index is 1.37. The Labute approximate surface area is 174 Å². The molecule has 2 saturated heterocycles. The molecule has 0 spiro atoms. The standard InChI is InChI=1S/C23H21N3O4/c1-15-22(10-24)23(16-2-6-18(7-3-16)27-11-20-13-29-20)25-26(15)17-4-8-19(9-5-17)28-12-21-14-30-21/h2-9,20-21H,11-14H2,1H3. The summed E-state index contributed by atoms with van der Waals surface area (Å²) in [6, 6.07) is 17.6. The van der Waals surface area contributed by atoms with Crippen molar-refractivity contribution in [3.63, 3.8) is 0 Å². The van der Waals surface area contributed by atoms with E-state index in [4.69, 9.17) is 24.0 Å². The molecule has 2 unspecified atom stereocenters. The summed E-state index contributed by atoms with van der Waals surface area (Å²) in [7, 11) is 0. The van der Waals surface area contributed by atoms with E-state index in [1.54, 1.807) is 4.68 Å². The number of hydrogen-bond acceptors (Lipinski definition) is 6. The first-order chi connectivity index (χ1) is 14.7. The molecular weight excluding hydrogens is 382 g/mol. The first-order valence-corrected chi connectivity index (χ1v) is 9.90. The van der Waals surface area contributed by atoms with Gasteiger partial charge in [-0.2, -0.15) is 10.4 Å². The Morgan fingerprint density at radius 1 is 0.967 bits per heavy atom. The van der Waals surface area contributed by atoms with Gasteiger partial charge in [0.1, 0.15) is 54.2 Å². The molecule has 0 radical (unpaired) electrons. The van der Waals surface area contributed by atoms with E-state index in [1.165, 1.54) is 0 Å². The van der Waals surface area contributed by atoms with E-state index in [2.05, 4.69) is 6.07 Å². The second-order valence-corrected chi connectivity index (χ2v) is 7.38. The van der Waals surface area contributed by atoms with E-state index in [1.807, 2.05) is 55.5 Å². The summed E-state index contributed by atoms with van der Waals surface area (Å²) in [5, 5.41) is 14.4. The van der Waals surface area contributed by atoms with Gasteiger partial charge in [0, 0.05) is 5.56 Å². The van der Waals surface area contributed by atoms with Crippen molar-refractivity contribution < 1.29 is 18.9 Å². The lowest BCUT2D eigenvalue weighted by molar-refractivity contribution is 0.263. The van der Waals surface area contributed by atoms with Crippen LogP contribution in [0.1, 0.15) is 11.3 Å². The maximum Gasteiger partial charge on any atom is 0.119 e. The zero-order valence-corrected chi connectivity index (χ0v) is 16.6. The van der Waals surface area contributed by atoms with E-state index in [-0.39, 0.29) is 12.2 Å². The predicted molar refractivity (Wildman–Crippen MR) is 109 cm³/mol. The largest absolute Gasteiger partial charge is 0.491 e. The lowest BCUT2D eigenvalue weighted by Crippen LogP contribution is -2.04. The van der Waals surface area contributed by atoms with Gasteiger partial charge in [-0.05, 0) is 55.5 Å². The molecule has 0 aliphatic carbocycles. The average Bonchev–Trinajstić information content (AvgIpc) is 3.70. The molecule has 1 aromatic heterocycles. The summed E-state index contributed by atoms with van der Waals surface area (Å²) in [6.45, 7) is 4.56. The van der Waals surface area contributed by atoms with Gasteiger partial charge in [-0.25, -0.2) is 4.68 Å². The van der Waals surface area contributed by atoms with Gasteiger partial charge >= 0.3 is 0 Å². The molecule has 2 aromatic carbocycles. The van der Waals surface area contributed by atoms with Gasteiger partial charge in [0.2, 0.25) is 0 Å². The zero-order valence-electron chi connectivity index (χ0n) is 16.6. The monoisotopic (exact) mass is 403 g/mol. The van der Waals surface area contributed by atoms with Gasteiger partial charge in [0.15, 0.2) is 0 Å². The molecule has 7 nitrogen and oxygen atoms in total. The molecule has 5 rings (SSSR count). The highest BCUT2D eigenvalue weighted by molar-refractivity contribution is 5.69. The Morgan fingerprint density at radius 2 is 1.50 bits per heavy atom. The minimum Gasteiger partial charge on any atom is -0.491 e. The summed E-state index contributed by atoms with van der Waals surface area (Å²) in [6.07, 6.45) is 0.435. The molecule has 3 aromatic rings. The van der Waals surface area contributed by atoms with Crippen molar-refractivity contribution in [2.45, 2.75) is 19.1 Å². The molecule has 30 heavy (non-hydrogen) atoms. The molecule has 2 aliphatic rings. The van der Waals surface area contributed by atoms with Crippen molar-refractivity contribution in [3.05, 3.63) is 59.8 Å². The van der Waals surface area contributed by atoms with Gasteiger partial charge in [-0.15, -0.1) is 0 Å². The van der Waals surface area contributed by atoms with E-state index in [9.17, 15) is 5.26 Å². The SMILES string of the molecule is Cc1c(C#N)c(-c2ccc(OCC3CO3)cc2)nn1-c1ccc(OCC2CO2)cc1. The van der Waals surface area contributed by atoms with Crippen LogP contribution in [0.2, 0.25) is 0 Å². The van der Waals surface area contributed by atoms with Crippen LogP contribution in [0, 0.1) is 18.3 Å². The van der Waals surface area contributed by atoms with E-state index in [0.717, 1.165) is 41.7 Å². The maximum absolute atomic E-state index is 9.73. The zero-order chi connectivity index (χ0) is 20.5. The van der Waals surface area contributed by atoms with Crippen molar-refractivity contribution in [2.24, 2.45) is 0 Å². The third kappa shape index (κ3) is 4.01. The summed E-state index contributed by atoms with van der Waals surface area (Å²) in [5.74, 6) is 1.56. The maximum atomic E-state index is 9.73. The van der Waals surface area contributed by atoms with Gasteiger partial charge in [0.25, 0.3) is 0 Å². The third-order valence-electron chi connectivity index (χ3n) is 5.11. The van der Waals surface area contributed by atoms with E-state index >= 15 is 0 Å². The predicted octanol–water partition coefficient (Wildman–Crippen LogP) is 3.27. The van der Waals surface area contributed by atoms with Crippen LogP contribution in [0.5, 0.6) is 11.5 Å².